The van der Waals surface area contributed by atoms with E-state index in [9.17, 15) is 4.79 Å². The molecule has 0 aromatic rings. The number of carbonyl (C=O) groups excluding carboxylic acids is 1. The summed E-state index contributed by atoms with van der Waals surface area (Å²) in [5, 5.41) is 5.49. The number of rotatable bonds is 2. The minimum Gasteiger partial charge on any atom is -0.341 e. The van der Waals surface area contributed by atoms with E-state index in [4.69, 9.17) is 0 Å². The molecule has 0 saturated heterocycles. The average Bonchev–Trinajstić information content (AvgIpc) is 2.56. The monoisotopic (exact) mass is 170 g/mol. The van der Waals surface area contributed by atoms with Gasteiger partial charge >= 0.3 is 6.03 Å². The van der Waals surface area contributed by atoms with Gasteiger partial charge in [-0.15, -0.1) is 0 Å². The lowest BCUT2D eigenvalue weighted by molar-refractivity contribution is 0.235. The van der Waals surface area contributed by atoms with Gasteiger partial charge in [-0.1, -0.05) is 12.8 Å². The Morgan fingerprint density at radius 1 is 1.42 bits per heavy atom. The highest BCUT2D eigenvalue weighted by molar-refractivity contribution is 5.73. The van der Waals surface area contributed by atoms with E-state index < -0.39 is 0 Å². The molecule has 1 aliphatic rings. The molecule has 1 saturated carbocycles. The second-order valence-electron chi connectivity index (χ2n) is 3.56. The molecule has 1 unspecified atom stereocenters. The van der Waals surface area contributed by atoms with Crippen LogP contribution in [0.15, 0.2) is 0 Å². The van der Waals surface area contributed by atoms with Crippen LogP contribution in [0.25, 0.3) is 0 Å². The molecule has 0 heterocycles. The van der Waals surface area contributed by atoms with Crippen LogP contribution in [0, 0.1) is 5.92 Å². The lowest BCUT2D eigenvalue weighted by Crippen LogP contribution is -2.42. The SMILES string of the molecule is CNC(=O)NC(C)C1CCCC1. The van der Waals surface area contributed by atoms with Crippen LogP contribution >= 0.6 is 0 Å². The summed E-state index contributed by atoms with van der Waals surface area (Å²) in [6.07, 6.45) is 5.19. The van der Waals surface area contributed by atoms with Crippen molar-refractivity contribution in [1.82, 2.24) is 10.6 Å². The van der Waals surface area contributed by atoms with E-state index in [2.05, 4.69) is 17.6 Å². The van der Waals surface area contributed by atoms with Crippen LogP contribution in [0.1, 0.15) is 32.6 Å². The molecule has 70 valence electrons. The molecule has 0 aliphatic heterocycles. The molecule has 1 aliphatic carbocycles. The van der Waals surface area contributed by atoms with E-state index in [1.54, 1.807) is 7.05 Å². The minimum atomic E-state index is -0.0607. The Morgan fingerprint density at radius 2 is 2.00 bits per heavy atom. The standard InChI is InChI=1S/C9H18N2O/c1-7(11-9(12)10-2)8-5-3-4-6-8/h7-8H,3-6H2,1-2H3,(H2,10,11,12). The molecular weight excluding hydrogens is 152 g/mol. The van der Waals surface area contributed by atoms with Gasteiger partial charge in [0.1, 0.15) is 0 Å². The van der Waals surface area contributed by atoms with Crippen molar-refractivity contribution in [3.63, 3.8) is 0 Å². The first-order valence-electron chi connectivity index (χ1n) is 4.72. The van der Waals surface area contributed by atoms with Crippen LogP contribution in [-0.2, 0) is 0 Å². The highest BCUT2D eigenvalue weighted by Gasteiger charge is 2.22. The first-order chi connectivity index (χ1) is 5.74. The van der Waals surface area contributed by atoms with Crippen LogP contribution in [0.5, 0.6) is 0 Å². The Bertz CT molecular complexity index is 153. The Balaban J connectivity index is 2.26. The van der Waals surface area contributed by atoms with Crippen molar-refractivity contribution in [1.29, 1.82) is 0 Å². The summed E-state index contributed by atoms with van der Waals surface area (Å²) in [7, 11) is 1.65. The number of urea groups is 1. The van der Waals surface area contributed by atoms with Gasteiger partial charge in [0.2, 0.25) is 0 Å². The van der Waals surface area contributed by atoms with E-state index in [0.717, 1.165) is 0 Å². The number of hydrogen-bond donors (Lipinski definition) is 2. The molecule has 1 fully saturated rings. The molecule has 1 rings (SSSR count). The minimum absolute atomic E-state index is 0.0607. The Kier molecular flexibility index (Phi) is 3.38. The summed E-state index contributed by atoms with van der Waals surface area (Å²) in [5.41, 5.74) is 0. The smallest absolute Gasteiger partial charge is 0.314 e. The second kappa shape index (κ2) is 4.33. The zero-order valence-corrected chi connectivity index (χ0v) is 7.89. The van der Waals surface area contributed by atoms with Crippen molar-refractivity contribution >= 4 is 6.03 Å². The lowest BCUT2D eigenvalue weighted by Gasteiger charge is -2.19. The molecule has 0 radical (unpaired) electrons. The van der Waals surface area contributed by atoms with E-state index >= 15 is 0 Å². The summed E-state index contributed by atoms with van der Waals surface area (Å²) in [4.78, 5) is 11.0. The van der Waals surface area contributed by atoms with Crippen LogP contribution in [-0.4, -0.2) is 19.1 Å². The van der Waals surface area contributed by atoms with Gasteiger partial charge in [0.15, 0.2) is 0 Å². The van der Waals surface area contributed by atoms with Crippen LogP contribution in [0.2, 0.25) is 0 Å². The molecule has 1 atom stereocenters. The highest BCUT2D eigenvalue weighted by atomic mass is 16.2. The maximum Gasteiger partial charge on any atom is 0.314 e. The van der Waals surface area contributed by atoms with Crippen molar-refractivity contribution in [2.75, 3.05) is 7.05 Å². The lowest BCUT2D eigenvalue weighted by atomic mass is 10.0. The van der Waals surface area contributed by atoms with Gasteiger partial charge in [0.05, 0.1) is 0 Å². The van der Waals surface area contributed by atoms with Gasteiger partial charge in [0.25, 0.3) is 0 Å². The van der Waals surface area contributed by atoms with Gasteiger partial charge in [-0.05, 0) is 25.7 Å². The summed E-state index contributed by atoms with van der Waals surface area (Å²) >= 11 is 0. The van der Waals surface area contributed by atoms with Gasteiger partial charge in [-0.3, -0.25) is 0 Å². The second-order valence-corrected chi connectivity index (χ2v) is 3.56. The summed E-state index contributed by atoms with van der Waals surface area (Å²) in [5.74, 6) is 0.697. The molecule has 3 nitrogen and oxygen atoms in total. The molecule has 0 bridgehead atoms. The molecule has 2 N–H and O–H groups in total. The maximum absolute atomic E-state index is 11.0. The Morgan fingerprint density at radius 3 is 2.50 bits per heavy atom. The average molecular weight is 170 g/mol. The molecule has 2 amide bonds. The number of carbonyl (C=O) groups is 1. The third-order valence-electron chi connectivity index (χ3n) is 2.69. The van der Waals surface area contributed by atoms with Crippen LogP contribution in [0.3, 0.4) is 0 Å². The zero-order chi connectivity index (χ0) is 8.97. The van der Waals surface area contributed by atoms with E-state index in [1.165, 1.54) is 25.7 Å². The first-order valence-corrected chi connectivity index (χ1v) is 4.72. The fraction of sp³-hybridized carbons (Fsp3) is 0.889. The number of nitrogens with one attached hydrogen (secondary N) is 2. The summed E-state index contributed by atoms with van der Waals surface area (Å²) in [6.45, 7) is 2.09. The third-order valence-corrected chi connectivity index (χ3v) is 2.69. The first kappa shape index (κ1) is 9.36. The molecule has 0 aromatic carbocycles. The van der Waals surface area contributed by atoms with Crippen molar-refractivity contribution in [3.05, 3.63) is 0 Å². The predicted molar refractivity (Wildman–Crippen MR) is 49.0 cm³/mol. The molecule has 0 aromatic heterocycles. The molecule has 0 spiro atoms. The summed E-state index contributed by atoms with van der Waals surface area (Å²) in [6, 6.07) is 0.266. The fourth-order valence-corrected chi connectivity index (χ4v) is 1.85. The van der Waals surface area contributed by atoms with E-state index in [-0.39, 0.29) is 6.03 Å². The van der Waals surface area contributed by atoms with Gasteiger partial charge in [0, 0.05) is 13.1 Å². The molecule has 3 heteroatoms. The topological polar surface area (TPSA) is 41.1 Å². The highest BCUT2D eigenvalue weighted by Crippen LogP contribution is 2.27. The number of hydrogen-bond acceptors (Lipinski definition) is 1. The van der Waals surface area contributed by atoms with Gasteiger partial charge in [-0.2, -0.15) is 0 Å². The molecular formula is C9H18N2O. The van der Waals surface area contributed by atoms with Crippen molar-refractivity contribution in [2.24, 2.45) is 5.92 Å². The Hall–Kier alpha value is -0.730. The van der Waals surface area contributed by atoms with E-state index in [1.807, 2.05) is 0 Å². The zero-order valence-electron chi connectivity index (χ0n) is 7.89. The maximum atomic E-state index is 11.0. The normalized spacial score (nSPS) is 20.5. The van der Waals surface area contributed by atoms with E-state index in [0.29, 0.717) is 12.0 Å². The van der Waals surface area contributed by atoms with Gasteiger partial charge in [-0.25, -0.2) is 4.79 Å². The third kappa shape index (κ3) is 2.40. The number of amides is 2. The van der Waals surface area contributed by atoms with Gasteiger partial charge < -0.3 is 10.6 Å². The summed E-state index contributed by atoms with van der Waals surface area (Å²) < 4.78 is 0. The van der Waals surface area contributed by atoms with Crippen molar-refractivity contribution in [3.8, 4) is 0 Å². The van der Waals surface area contributed by atoms with Crippen LogP contribution < -0.4 is 10.6 Å². The fourth-order valence-electron chi connectivity index (χ4n) is 1.85. The molecule has 12 heavy (non-hydrogen) atoms. The van der Waals surface area contributed by atoms with Crippen LogP contribution in [0.4, 0.5) is 4.79 Å². The predicted octanol–water partition coefficient (Wildman–Crippen LogP) is 1.49. The largest absolute Gasteiger partial charge is 0.341 e. The van der Waals surface area contributed by atoms with Crippen molar-refractivity contribution in [2.45, 2.75) is 38.6 Å². The quantitative estimate of drug-likeness (QED) is 0.647. The van der Waals surface area contributed by atoms with Crippen molar-refractivity contribution < 1.29 is 4.79 Å². The Labute approximate surface area is 73.9 Å².